The van der Waals surface area contributed by atoms with Crippen LogP contribution in [0.5, 0.6) is 0 Å². The number of Topliss-reactive ketones (excluding diaryl/α,β-unsaturated/α-hetero) is 1. The zero-order chi connectivity index (χ0) is 11.4. The summed E-state index contributed by atoms with van der Waals surface area (Å²) in [6.07, 6.45) is 1.70. The Hall–Kier alpha value is -1.64. The number of nitrogens with one attached hydrogen (secondary N) is 1. The van der Waals surface area contributed by atoms with Crippen LogP contribution in [0.3, 0.4) is 0 Å². The lowest BCUT2D eigenvalue weighted by Gasteiger charge is -2.22. The lowest BCUT2D eigenvalue weighted by atomic mass is 9.83. The molecule has 0 spiro atoms. The topological polar surface area (TPSA) is 46.2 Å². The molecule has 1 aromatic carbocycles. The first-order valence-electron chi connectivity index (χ1n) is 5.59. The van der Waals surface area contributed by atoms with Gasteiger partial charge in [0, 0.05) is 19.4 Å². The van der Waals surface area contributed by atoms with Gasteiger partial charge < -0.3 is 5.32 Å². The molecule has 2 rings (SSSR count). The van der Waals surface area contributed by atoms with Crippen molar-refractivity contribution in [1.82, 2.24) is 5.32 Å². The van der Waals surface area contributed by atoms with Crippen LogP contribution in [0.4, 0.5) is 0 Å². The Bertz CT molecular complexity index is 378. The van der Waals surface area contributed by atoms with Crippen LogP contribution >= 0.6 is 0 Å². The van der Waals surface area contributed by atoms with E-state index in [0.717, 1.165) is 6.42 Å². The van der Waals surface area contributed by atoms with Gasteiger partial charge in [0.25, 0.3) is 0 Å². The number of rotatable bonds is 4. The van der Waals surface area contributed by atoms with Crippen LogP contribution in [-0.4, -0.2) is 18.2 Å². The number of carbonyl (C=O) groups is 2. The van der Waals surface area contributed by atoms with Crippen molar-refractivity contribution in [2.75, 3.05) is 6.54 Å². The van der Waals surface area contributed by atoms with Crippen LogP contribution < -0.4 is 5.32 Å². The van der Waals surface area contributed by atoms with Crippen molar-refractivity contribution in [2.24, 2.45) is 5.92 Å². The van der Waals surface area contributed by atoms with Crippen LogP contribution in [0.15, 0.2) is 30.3 Å². The monoisotopic (exact) mass is 217 g/mol. The molecule has 1 fully saturated rings. The highest BCUT2D eigenvalue weighted by molar-refractivity contribution is 5.96. The van der Waals surface area contributed by atoms with Gasteiger partial charge in [0.2, 0.25) is 5.91 Å². The number of benzene rings is 1. The molecule has 0 unspecified atom stereocenters. The van der Waals surface area contributed by atoms with Crippen molar-refractivity contribution in [3.8, 4) is 0 Å². The highest BCUT2D eigenvalue weighted by Crippen LogP contribution is 2.22. The normalized spacial score (nSPS) is 15.6. The van der Waals surface area contributed by atoms with Crippen molar-refractivity contribution in [2.45, 2.75) is 19.3 Å². The molecule has 0 aliphatic heterocycles. The highest BCUT2D eigenvalue weighted by atomic mass is 16.2. The van der Waals surface area contributed by atoms with E-state index in [2.05, 4.69) is 5.32 Å². The predicted octanol–water partition coefficient (Wildman–Crippen LogP) is 1.32. The second-order valence-corrected chi connectivity index (χ2v) is 4.17. The third-order valence-electron chi connectivity index (χ3n) is 2.87. The lowest BCUT2D eigenvalue weighted by molar-refractivity contribution is -0.137. The molecule has 0 aromatic heterocycles. The van der Waals surface area contributed by atoms with Gasteiger partial charge in [-0.15, -0.1) is 0 Å². The Morgan fingerprint density at radius 2 is 1.94 bits per heavy atom. The minimum Gasteiger partial charge on any atom is -0.356 e. The molecular formula is C13H15NO2. The number of amides is 1. The van der Waals surface area contributed by atoms with Gasteiger partial charge in [0.15, 0.2) is 0 Å². The third kappa shape index (κ3) is 2.69. The lowest BCUT2D eigenvalue weighted by Crippen LogP contribution is -2.39. The van der Waals surface area contributed by atoms with Crippen LogP contribution in [0.2, 0.25) is 0 Å². The number of hydrogen-bond acceptors (Lipinski definition) is 2. The first kappa shape index (κ1) is 10.9. The zero-order valence-corrected chi connectivity index (χ0v) is 9.11. The van der Waals surface area contributed by atoms with E-state index >= 15 is 0 Å². The van der Waals surface area contributed by atoms with Crippen LogP contribution in [0.25, 0.3) is 0 Å². The van der Waals surface area contributed by atoms with Gasteiger partial charge in [-0.2, -0.15) is 0 Å². The molecule has 1 N–H and O–H groups in total. The summed E-state index contributed by atoms with van der Waals surface area (Å²) < 4.78 is 0. The molecule has 3 nitrogen and oxygen atoms in total. The molecule has 0 atom stereocenters. The van der Waals surface area contributed by atoms with Gasteiger partial charge in [0.05, 0.1) is 5.92 Å². The van der Waals surface area contributed by atoms with Gasteiger partial charge in [-0.25, -0.2) is 0 Å². The summed E-state index contributed by atoms with van der Waals surface area (Å²) in [6, 6.07) is 10.0. The summed E-state index contributed by atoms with van der Waals surface area (Å²) in [6.45, 7) is 0.646. The van der Waals surface area contributed by atoms with Crippen molar-refractivity contribution in [3.63, 3.8) is 0 Å². The second-order valence-electron chi connectivity index (χ2n) is 4.17. The maximum atomic E-state index is 11.5. The maximum Gasteiger partial charge on any atom is 0.224 e. The van der Waals surface area contributed by atoms with E-state index in [9.17, 15) is 9.59 Å². The summed E-state index contributed by atoms with van der Waals surface area (Å²) in [5.41, 5.74) is 1.22. The molecule has 1 aromatic rings. The molecule has 3 heteroatoms. The third-order valence-corrected chi connectivity index (χ3v) is 2.87. The standard InChI is InChI=1S/C13H15NO2/c15-12-8-11(9-12)13(16)14-7-6-10-4-2-1-3-5-10/h1-5,11H,6-9H2,(H,14,16). The van der Waals surface area contributed by atoms with Gasteiger partial charge in [0.1, 0.15) is 5.78 Å². The van der Waals surface area contributed by atoms with E-state index in [1.807, 2.05) is 30.3 Å². The van der Waals surface area contributed by atoms with Gasteiger partial charge in [-0.1, -0.05) is 30.3 Å². The minimum absolute atomic E-state index is 0.0236. The fourth-order valence-corrected chi connectivity index (χ4v) is 1.79. The number of carbonyl (C=O) groups excluding carboxylic acids is 2. The second kappa shape index (κ2) is 4.92. The van der Waals surface area contributed by atoms with Crippen LogP contribution in [0.1, 0.15) is 18.4 Å². The van der Waals surface area contributed by atoms with Crippen molar-refractivity contribution in [1.29, 1.82) is 0 Å². The van der Waals surface area contributed by atoms with Crippen molar-refractivity contribution >= 4 is 11.7 Å². The average Bonchev–Trinajstić information content (AvgIpc) is 2.26. The van der Waals surface area contributed by atoms with Crippen molar-refractivity contribution in [3.05, 3.63) is 35.9 Å². The SMILES string of the molecule is O=C1CC(C(=O)NCCc2ccccc2)C1. The number of ketones is 1. The van der Waals surface area contributed by atoms with E-state index in [1.165, 1.54) is 5.56 Å². The molecule has 84 valence electrons. The predicted molar refractivity (Wildman–Crippen MR) is 60.9 cm³/mol. The molecule has 1 saturated carbocycles. The van der Waals surface area contributed by atoms with E-state index in [0.29, 0.717) is 19.4 Å². The highest BCUT2D eigenvalue weighted by Gasteiger charge is 2.32. The summed E-state index contributed by atoms with van der Waals surface area (Å²) in [4.78, 5) is 22.2. The van der Waals surface area contributed by atoms with E-state index in [4.69, 9.17) is 0 Å². The summed E-state index contributed by atoms with van der Waals surface area (Å²) >= 11 is 0. The molecule has 1 aliphatic rings. The largest absolute Gasteiger partial charge is 0.356 e. The first-order chi connectivity index (χ1) is 7.75. The molecule has 1 aliphatic carbocycles. The summed E-state index contributed by atoms with van der Waals surface area (Å²) in [7, 11) is 0. The molecule has 0 radical (unpaired) electrons. The Morgan fingerprint density at radius 3 is 2.56 bits per heavy atom. The quantitative estimate of drug-likeness (QED) is 0.827. The molecule has 0 heterocycles. The van der Waals surface area contributed by atoms with Crippen LogP contribution in [-0.2, 0) is 16.0 Å². The molecule has 1 amide bonds. The first-order valence-corrected chi connectivity index (χ1v) is 5.59. The van der Waals surface area contributed by atoms with E-state index in [-0.39, 0.29) is 17.6 Å². The Balaban J connectivity index is 1.68. The molecule has 16 heavy (non-hydrogen) atoms. The minimum atomic E-state index is -0.0664. The summed E-state index contributed by atoms with van der Waals surface area (Å²) in [5.74, 6) is 0.155. The average molecular weight is 217 g/mol. The van der Waals surface area contributed by atoms with Crippen LogP contribution in [0, 0.1) is 5.92 Å². The van der Waals surface area contributed by atoms with Gasteiger partial charge >= 0.3 is 0 Å². The van der Waals surface area contributed by atoms with E-state index < -0.39 is 0 Å². The Labute approximate surface area is 94.9 Å². The fourth-order valence-electron chi connectivity index (χ4n) is 1.79. The Kier molecular flexibility index (Phi) is 3.34. The van der Waals surface area contributed by atoms with Gasteiger partial charge in [-0.05, 0) is 12.0 Å². The van der Waals surface area contributed by atoms with E-state index in [1.54, 1.807) is 0 Å². The number of hydrogen-bond donors (Lipinski definition) is 1. The zero-order valence-electron chi connectivity index (χ0n) is 9.11. The Morgan fingerprint density at radius 1 is 1.25 bits per heavy atom. The maximum absolute atomic E-state index is 11.5. The fraction of sp³-hybridized carbons (Fsp3) is 0.385. The summed E-state index contributed by atoms with van der Waals surface area (Å²) in [5, 5.41) is 2.86. The smallest absolute Gasteiger partial charge is 0.224 e. The van der Waals surface area contributed by atoms with Gasteiger partial charge in [-0.3, -0.25) is 9.59 Å². The van der Waals surface area contributed by atoms with Crippen molar-refractivity contribution < 1.29 is 9.59 Å². The molecule has 0 bridgehead atoms. The molecule has 0 saturated heterocycles. The molecular weight excluding hydrogens is 202 g/mol.